The van der Waals surface area contributed by atoms with E-state index in [2.05, 4.69) is 26.6 Å². The summed E-state index contributed by atoms with van der Waals surface area (Å²) in [5.74, 6) is -0.593. The molecular weight excluding hydrogens is 380 g/mol. The average molecular weight is 401 g/mol. The summed E-state index contributed by atoms with van der Waals surface area (Å²) in [6, 6.07) is 16.6. The van der Waals surface area contributed by atoms with Gasteiger partial charge in [0, 0.05) is 15.6 Å². The minimum absolute atomic E-state index is 0.203. The van der Waals surface area contributed by atoms with Gasteiger partial charge in [-0.15, -0.1) is 0 Å². The van der Waals surface area contributed by atoms with Crippen molar-refractivity contribution in [2.45, 2.75) is 20.8 Å². The predicted molar refractivity (Wildman–Crippen MR) is 105 cm³/mol. The van der Waals surface area contributed by atoms with Crippen LogP contribution in [-0.4, -0.2) is 11.8 Å². The normalized spacial score (nSPS) is 11.8. The second-order valence-electron chi connectivity index (χ2n) is 6.63. The minimum atomic E-state index is -0.604. The number of amides is 2. The van der Waals surface area contributed by atoms with Crippen molar-refractivity contribution < 1.29 is 9.59 Å². The molecule has 5 heteroatoms. The SMILES string of the molecule is CC(C)(C)C(=O)N/C(=C/c1ccccc1)C(=O)Nc1ccc(Br)cc1. The highest BCUT2D eigenvalue weighted by molar-refractivity contribution is 9.10. The van der Waals surface area contributed by atoms with Crippen LogP contribution in [0.3, 0.4) is 0 Å². The lowest BCUT2D eigenvalue weighted by Gasteiger charge is -2.19. The molecule has 2 rings (SSSR count). The summed E-state index contributed by atoms with van der Waals surface area (Å²) in [6.45, 7) is 5.40. The van der Waals surface area contributed by atoms with Gasteiger partial charge in [0.05, 0.1) is 0 Å². The maximum absolute atomic E-state index is 12.7. The van der Waals surface area contributed by atoms with E-state index in [1.807, 2.05) is 42.5 Å². The Balaban J connectivity index is 2.27. The van der Waals surface area contributed by atoms with Gasteiger partial charge in [-0.25, -0.2) is 0 Å². The van der Waals surface area contributed by atoms with Gasteiger partial charge in [0.25, 0.3) is 5.91 Å². The van der Waals surface area contributed by atoms with Crippen molar-refractivity contribution in [1.29, 1.82) is 0 Å². The summed E-state index contributed by atoms with van der Waals surface area (Å²) in [4.78, 5) is 25.0. The Morgan fingerprint density at radius 3 is 2.12 bits per heavy atom. The van der Waals surface area contributed by atoms with Crippen molar-refractivity contribution >= 4 is 39.5 Å². The quantitative estimate of drug-likeness (QED) is 0.737. The highest BCUT2D eigenvalue weighted by Gasteiger charge is 2.24. The Labute approximate surface area is 156 Å². The van der Waals surface area contributed by atoms with Crippen molar-refractivity contribution in [3.63, 3.8) is 0 Å². The van der Waals surface area contributed by atoms with Crippen molar-refractivity contribution in [3.05, 3.63) is 70.3 Å². The summed E-state index contributed by atoms with van der Waals surface area (Å²) < 4.78 is 0.923. The Bertz CT molecular complexity index is 776. The monoisotopic (exact) mass is 400 g/mol. The number of hydrogen-bond acceptors (Lipinski definition) is 2. The molecule has 0 spiro atoms. The third-order valence-corrected chi connectivity index (χ3v) is 3.92. The molecule has 0 aromatic heterocycles. The van der Waals surface area contributed by atoms with Gasteiger partial charge in [-0.3, -0.25) is 9.59 Å². The molecule has 0 bridgehead atoms. The maximum Gasteiger partial charge on any atom is 0.272 e. The Morgan fingerprint density at radius 1 is 0.960 bits per heavy atom. The molecule has 2 amide bonds. The zero-order valence-corrected chi connectivity index (χ0v) is 16.1. The molecule has 0 fully saturated rings. The van der Waals surface area contributed by atoms with Gasteiger partial charge >= 0.3 is 0 Å². The van der Waals surface area contributed by atoms with E-state index in [1.165, 1.54) is 0 Å². The Morgan fingerprint density at radius 2 is 1.56 bits per heavy atom. The molecule has 4 nitrogen and oxygen atoms in total. The predicted octanol–water partition coefficient (Wildman–Crippen LogP) is 4.59. The number of carbonyl (C=O) groups is 2. The van der Waals surface area contributed by atoms with Crippen molar-refractivity contribution in [2.24, 2.45) is 5.41 Å². The van der Waals surface area contributed by atoms with E-state index < -0.39 is 5.41 Å². The van der Waals surface area contributed by atoms with Crippen LogP contribution in [0.1, 0.15) is 26.3 Å². The Hall–Kier alpha value is -2.40. The van der Waals surface area contributed by atoms with Crippen LogP contribution in [0.15, 0.2) is 64.8 Å². The first kappa shape index (κ1) is 18.9. The first-order valence-electron chi connectivity index (χ1n) is 7.91. The lowest BCUT2D eigenvalue weighted by molar-refractivity contribution is -0.128. The number of halogens is 1. The van der Waals surface area contributed by atoms with Crippen LogP contribution in [0.5, 0.6) is 0 Å². The second-order valence-corrected chi connectivity index (χ2v) is 7.55. The lowest BCUT2D eigenvalue weighted by atomic mass is 9.95. The minimum Gasteiger partial charge on any atom is -0.321 e. The molecule has 0 aliphatic carbocycles. The van der Waals surface area contributed by atoms with Crippen molar-refractivity contribution in [2.75, 3.05) is 5.32 Å². The first-order chi connectivity index (χ1) is 11.8. The van der Waals surface area contributed by atoms with E-state index in [1.54, 1.807) is 39.0 Å². The third kappa shape index (κ3) is 5.87. The fourth-order valence-electron chi connectivity index (χ4n) is 1.92. The van der Waals surface area contributed by atoms with Gasteiger partial charge < -0.3 is 10.6 Å². The van der Waals surface area contributed by atoms with E-state index in [-0.39, 0.29) is 17.5 Å². The second kappa shape index (κ2) is 8.12. The summed E-state index contributed by atoms with van der Waals surface area (Å²) in [5, 5.41) is 5.54. The van der Waals surface area contributed by atoms with Gasteiger partial charge in [-0.05, 0) is 35.9 Å². The largest absolute Gasteiger partial charge is 0.321 e. The van der Waals surface area contributed by atoms with E-state index >= 15 is 0 Å². The fourth-order valence-corrected chi connectivity index (χ4v) is 2.18. The molecule has 130 valence electrons. The first-order valence-corrected chi connectivity index (χ1v) is 8.70. The van der Waals surface area contributed by atoms with E-state index in [9.17, 15) is 9.59 Å². The average Bonchev–Trinajstić information content (AvgIpc) is 2.56. The molecule has 25 heavy (non-hydrogen) atoms. The molecule has 0 atom stereocenters. The summed E-state index contributed by atoms with van der Waals surface area (Å²) in [5.41, 5.74) is 1.08. The van der Waals surface area contributed by atoms with E-state index in [4.69, 9.17) is 0 Å². The zero-order valence-electron chi connectivity index (χ0n) is 14.5. The van der Waals surface area contributed by atoms with Gasteiger partial charge in [-0.2, -0.15) is 0 Å². The van der Waals surface area contributed by atoms with Gasteiger partial charge in [0.2, 0.25) is 5.91 Å². The molecule has 0 unspecified atom stereocenters. The molecule has 2 aromatic rings. The molecule has 2 N–H and O–H groups in total. The highest BCUT2D eigenvalue weighted by Crippen LogP contribution is 2.17. The maximum atomic E-state index is 12.7. The third-order valence-electron chi connectivity index (χ3n) is 3.39. The number of carbonyl (C=O) groups excluding carboxylic acids is 2. The van der Waals surface area contributed by atoms with Gasteiger partial charge in [-0.1, -0.05) is 67.0 Å². The van der Waals surface area contributed by atoms with Crippen LogP contribution in [-0.2, 0) is 9.59 Å². The molecule has 0 aliphatic rings. The van der Waals surface area contributed by atoms with Crippen LogP contribution in [0.4, 0.5) is 5.69 Å². The summed E-state index contributed by atoms with van der Waals surface area (Å²) in [6.07, 6.45) is 1.66. The number of rotatable bonds is 4. The highest BCUT2D eigenvalue weighted by atomic mass is 79.9. The lowest BCUT2D eigenvalue weighted by Crippen LogP contribution is -2.38. The van der Waals surface area contributed by atoms with Crippen LogP contribution in [0.25, 0.3) is 6.08 Å². The van der Waals surface area contributed by atoms with Crippen LogP contribution < -0.4 is 10.6 Å². The van der Waals surface area contributed by atoms with Gasteiger partial charge in [0.1, 0.15) is 5.70 Å². The molecular formula is C20H21BrN2O2. The summed E-state index contributed by atoms with van der Waals surface area (Å²) in [7, 11) is 0. The van der Waals surface area contributed by atoms with E-state index in [0.717, 1.165) is 10.0 Å². The Kier molecular flexibility index (Phi) is 6.15. The topological polar surface area (TPSA) is 58.2 Å². The smallest absolute Gasteiger partial charge is 0.272 e. The van der Waals surface area contributed by atoms with Crippen molar-refractivity contribution in [1.82, 2.24) is 5.32 Å². The molecule has 0 saturated carbocycles. The molecule has 0 saturated heterocycles. The molecule has 2 aromatic carbocycles. The van der Waals surface area contributed by atoms with Crippen molar-refractivity contribution in [3.8, 4) is 0 Å². The fraction of sp³-hybridized carbons (Fsp3) is 0.200. The number of benzene rings is 2. The van der Waals surface area contributed by atoms with Crippen LogP contribution >= 0.6 is 15.9 Å². The number of hydrogen-bond donors (Lipinski definition) is 2. The summed E-state index contributed by atoms with van der Waals surface area (Å²) >= 11 is 3.36. The van der Waals surface area contributed by atoms with E-state index in [0.29, 0.717) is 5.69 Å². The van der Waals surface area contributed by atoms with Crippen LogP contribution in [0, 0.1) is 5.41 Å². The standard InChI is InChI=1S/C20H21BrN2O2/c1-20(2,3)19(25)23-17(13-14-7-5-4-6-8-14)18(24)22-16-11-9-15(21)10-12-16/h4-13H,1-3H3,(H,22,24)(H,23,25)/b17-13+. The number of anilines is 1. The number of nitrogens with one attached hydrogen (secondary N) is 2. The molecule has 0 radical (unpaired) electrons. The molecule has 0 heterocycles. The zero-order chi connectivity index (χ0) is 18.4. The molecule has 0 aliphatic heterocycles. The van der Waals surface area contributed by atoms with Gasteiger partial charge in [0.15, 0.2) is 0 Å². The van der Waals surface area contributed by atoms with Crippen LogP contribution in [0.2, 0.25) is 0 Å².